The number of halogens is 1. The molecule has 0 spiro atoms. The molecule has 0 unspecified atom stereocenters. The number of fused-ring (bicyclic) bond motifs is 1. The molecular weight excluding hydrogens is 283 g/mol. The van der Waals surface area contributed by atoms with Crippen LogP contribution in [0.15, 0.2) is 24.4 Å². The van der Waals surface area contributed by atoms with E-state index in [1.165, 1.54) is 6.07 Å². The van der Waals surface area contributed by atoms with Gasteiger partial charge >= 0.3 is 0 Å². The molecule has 6 heteroatoms. The van der Waals surface area contributed by atoms with Crippen molar-refractivity contribution in [3.8, 4) is 6.07 Å². The highest BCUT2D eigenvalue weighted by molar-refractivity contribution is 5.94. The fourth-order valence-corrected chi connectivity index (χ4v) is 2.47. The molecule has 0 bridgehead atoms. The first-order valence-corrected chi connectivity index (χ1v) is 6.94. The minimum Gasteiger partial charge on any atom is -0.328 e. The second kappa shape index (κ2) is 5.53. The first kappa shape index (κ1) is 14.1. The lowest BCUT2D eigenvalue weighted by atomic mass is 10.1. The van der Waals surface area contributed by atoms with Crippen LogP contribution in [0.25, 0.3) is 0 Å². The van der Waals surface area contributed by atoms with E-state index in [4.69, 9.17) is 5.26 Å². The Hall–Kier alpha value is -2.81. The lowest BCUT2D eigenvalue weighted by molar-refractivity contribution is 0.0750. The summed E-state index contributed by atoms with van der Waals surface area (Å²) in [5.74, 6) is -0.162. The molecule has 1 aromatic carbocycles. The number of nitrogens with zero attached hydrogens (tertiary/aromatic N) is 4. The number of carbonyl (C=O) groups excluding carboxylic acids is 1. The van der Waals surface area contributed by atoms with E-state index in [9.17, 15) is 9.18 Å². The van der Waals surface area contributed by atoms with Gasteiger partial charge in [0.15, 0.2) is 0 Å². The van der Waals surface area contributed by atoms with E-state index in [1.54, 1.807) is 11.1 Å². The first-order chi connectivity index (χ1) is 10.6. The van der Waals surface area contributed by atoms with E-state index in [1.807, 2.05) is 13.0 Å². The summed E-state index contributed by atoms with van der Waals surface area (Å²) >= 11 is 0. The molecule has 2 heterocycles. The molecule has 110 valence electrons. The monoisotopic (exact) mass is 296 g/mol. The van der Waals surface area contributed by atoms with Crippen LogP contribution in [0.5, 0.6) is 0 Å². The van der Waals surface area contributed by atoms with E-state index < -0.39 is 5.82 Å². The Morgan fingerprint density at radius 1 is 1.41 bits per heavy atom. The van der Waals surface area contributed by atoms with Crippen molar-refractivity contribution >= 4 is 5.91 Å². The summed E-state index contributed by atoms with van der Waals surface area (Å²) in [7, 11) is 0. The number of amides is 1. The molecular formula is C16H13FN4O. The Kier molecular flexibility index (Phi) is 3.55. The summed E-state index contributed by atoms with van der Waals surface area (Å²) in [5.41, 5.74) is 2.04. The first-order valence-electron chi connectivity index (χ1n) is 6.94. The Bertz CT molecular complexity index is 797. The predicted octanol–water partition coefficient (Wildman–Crippen LogP) is 2.21. The Balaban J connectivity index is 1.86. The van der Waals surface area contributed by atoms with Crippen LogP contribution in [0.4, 0.5) is 4.39 Å². The third-order valence-electron chi connectivity index (χ3n) is 3.58. The van der Waals surface area contributed by atoms with Crippen molar-refractivity contribution < 1.29 is 9.18 Å². The number of hydrogen-bond donors (Lipinski definition) is 0. The number of benzene rings is 1. The van der Waals surface area contributed by atoms with Crippen LogP contribution < -0.4 is 0 Å². The van der Waals surface area contributed by atoms with Crippen LogP contribution in [0.1, 0.15) is 39.9 Å². The second-order valence-corrected chi connectivity index (χ2v) is 5.11. The summed E-state index contributed by atoms with van der Waals surface area (Å²) in [5, 5.41) is 8.87. The molecule has 0 saturated carbocycles. The van der Waals surface area contributed by atoms with Gasteiger partial charge in [0.1, 0.15) is 11.6 Å². The lowest BCUT2D eigenvalue weighted by Gasteiger charge is -2.15. The highest BCUT2D eigenvalue weighted by Gasteiger charge is 2.26. The van der Waals surface area contributed by atoms with Gasteiger partial charge in [-0.25, -0.2) is 14.4 Å². The normalized spacial score (nSPS) is 12.9. The third kappa shape index (κ3) is 2.53. The van der Waals surface area contributed by atoms with Crippen LogP contribution in [0.2, 0.25) is 0 Å². The quantitative estimate of drug-likeness (QED) is 0.852. The molecule has 1 aromatic heterocycles. The van der Waals surface area contributed by atoms with E-state index in [0.29, 0.717) is 13.1 Å². The maximum absolute atomic E-state index is 13.5. The van der Waals surface area contributed by atoms with Gasteiger partial charge in [0.2, 0.25) is 0 Å². The zero-order valence-corrected chi connectivity index (χ0v) is 12.0. The second-order valence-electron chi connectivity index (χ2n) is 5.11. The minimum atomic E-state index is -0.591. The lowest BCUT2D eigenvalue weighted by Crippen LogP contribution is -2.25. The molecule has 1 aliphatic rings. The molecule has 5 nitrogen and oxygen atoms in total. The van der Waals surface area contributed by atoms with Crippen LogP contribution in [-0.2, 0) is 19.5 Å². The number of rotatable bonds is 2. The van der Waals surface area contributed by atoms with Crippen molar-refractivity contribution in [3.05, 3.63) is 58.4 Å². The van der Waals surface area contributed by atoms with Gasteiger partial charge in [-0.05, 0) is 18.2 Å². The molecule has 0 atom stereocenters. The average molecular weight is 296 g/mol. The van der Waals surface area contributed by atoms with Gasteiger partial charge in [0, 0.05) is 30.3 Å². The SMILES string of the molecule is CCc1ncc2c(n1)CN(C(=O)c1cc(F)cc(C#N)c1)C2. The Morgan fingerprint density at radius 2 is 2.23 bits per heavy atom. The van der Waals surface area contributed by atoms with Crippen LogP contribution in [0.3, 0.4) is 0 Å². The molecule has 0 N–H and O–H groups in total. The van der Waals surface area contributed by atoms with Gasteiger partial charge in [-0.2, -0.15) is 5.26 Å². The number of aromatic nitrogens is 2. The van der Waals surface area contributed by atoms with Crippen molar-refractivity contribution in [2.75, 3.05) is 0 Å². The zero-order chi connectivity index (χ0) is 15.7. The van der Waals surface area contributed by atoms with Gasteiger partial charge in [-0.1, -0.05) is 6.92 Å². The van der Waals surface area contributed by atoms with Crippen molar-refractivity contribution in [2.24, 2.45) is 0 Å². The van der Waals surface area contributed by atoms with Gasteiger partial charge < -0.3 is 4.90 Å². The van der Waals surface area contributed by atoms with Crippen molar-refractivity contribution in [2.45, 2.75) is 26.4 Å². The largest absolute Gasteiger partial charge is 0.328 e. The molecule has 0 fully saturated rings. The van der Waals surface area contributed by atoms with Gasteiger partial charge in [-0.15, -0.1) is 0 Å². The highest BCUT2D eigenvalue weighted by Crippen LogP contribution is 2.23. The number of aryl methyl sites for hydroxylation is 1. The average Bonchev–Trinajstić information content (AvgIpc) is 2.96. The maximum Gasteiger partial charge on any atom is 0.254 e. The molecule has 0 saturated heterocycles. The smallest absolute Gasteiger partial charge is 0.254 e. The molecule has 3 rings (SSSR count). The Morgan fingerprint density at radius 3 is 2.95 bits per heavy atom. The van der Waals surface area contributed by atoms with E-state index in [0.717, 1.165) is 35.6 Å². The van der Waals surface area contributed by atoms with E-state index >= 15 is 0 Å². The van der Waals surface area contributed by atoms with Crippen molar-refractivity contribution in [1.82, 2.24) is 14.9 Å². The standard InChI is InChI=1S/C16H13FN4O/c1-2-15-19-7-12-8-21(9-14(12)20-15)16(22)11-3-10(6-18)4-13(17)5-11/h3-5,7H,2,8-9H2,1H3. The fourth-order valence-electron chi connectivity index (χ4n) is 2.47. The van der Waals surface area contributed by atoms with Gasteiger partial charge in [0.25, 0.3) is 5.91 Å². The number of hydrogen-bond acceptors (Lipinski definition) is 4. The summed E-state index contributed by atoms with van der Waals surface area (Å²) in [6.07, 6.45) is 2.47. The van der Waals surface area contributed by atoms with E-state index in [2.05, 4.69) is 9.97 Å². The third-order valence-corrected chi connectivity index (χ3v) is 3.58. The molecule has 22 heavy (non-hydrogen) atoms. The number of carbonyl (C=O) groups is 1. The van der Waals surface area contributed by atoms with Crippen LogP contribution in [-0.4, -0.2) is 20.8 Å². The summed E-state index contributed by atoms with van der Waals surface area (Å²) in [6, 6.07) is 5.51. The predicted molar refractivity (Wildman–Crippen MR) is 76.1 cm³/mol. The zero-order valence-electron chi connectivity index (χ0n) is 12.0. The summed E-state index contributed by atoms with van der Waals surface area (Å²) < 4.78 is 13.5. The Labute approximate surface area is 127 Å². The molecule has 2 aromatic rings. The van der Waals surface area contributed by atoms with Crippen molar-refractivity contribution in [3.63, 3.8) is 0 Å². The minimum absolute atomic E-state index is 0.133. The fraction of sp³-hybridized carbons (Fsp3) is 0.250. The molecule has 1 aliphatic heterocycles. The van der Waals surface area contributed by atoms with Crippen LogP contribution in [0, 0.1) is 17.1 Å². The van der Waals surface area contributed by atoms with Crippen molar-refractivity contribution in [1.29, 1.82) is 5.26 Å². The highest BCUT2D eigenvalue weighted by atomic mass is 19.1. The molecule has 0 radical (unpaired) electrons. The van der Waals surface area contributed by atoms with Gasteiger partial charge in [0.05, 0.1) is 23.9 Å². The summed E-state index contributed by atoms with van der Waals surface area (Å²) in [4.78, 5) is 22.7. The topological polar surface area (TPSA) is 69.9 Å². The molecule has 0 aliphatic carbocycles. The van der Waals surface area contributed by atoms with Gasteiger partial charge in [-0.3, -0.25) is 4.79 Å². The van der Waals surface area contributed by atoms with E-state index in [-0.39, 0.29) is 17.0 Å². The number of nitriles is 1. The van der Waals surface area contributed by atoms with Crippen LogP contribution >= 0.6 is 0 Å². The molecule has 1 amide bonds. The summed E-state index contributed by atoms with van der Waals surface area (Å²) in [6.45, 7) is 2.74. The maximum atomic E-state index is 13.5.